The van der Waals surface area contributed by atoms with Crippen molar-refractivity contribution in [2.24, 2.45) is 62.1 Å². The summed E-state index contributed by atoms with van der Waals surface area (Å²) < 4.78 is 131. The Labute approximate surface area is 824 Å². The van der Waals surface area contributed by atoms with Crippen molar-refractivity contribution in [3.63, 3.8) is 0 Å². The molecule has 0 amide bonds. The zero-order valence-electron chi connectivity index (χ0n) is 79.2. The Balaban J connectivity index is 0.000000160. The average molecular weight is 1990 g/mol. The molecule has 8 N–H and O–H groups in total. The summed E-state index contributed by atoms with van der Waals surface area (Å²) in [6.45, 7) is 23.6. The van der Waals surface area contributed by atoms with Gasteiger partial charge in [-0.05, 0) is 123 Å². The van der Waals surface area contributed by atoms with E-state index in [4.69, 9.17) is 96.1 Å². The second-order valence-corrected chi connectivity index (χ2v) is 39.1. The van der Waals surface area contributed by atoms with Crippen LogP contribution < -0.4 is 11.5 Å². The minimum absolute atomic E-state index is 0.00614. The lowest BCUT2D eigenvalue weighted by atomic mass is 9.64. The molecule has 1 aliphatic carbocycles. The molecule has 139 heavy (non-hydrogen) atoms. The third-order valence-electron chi connectivity index (χ3n) is 26.4. The lowest BCUT2D eigenvalue weighted by Gasteiger charge is -2.44. The van der Waals surface area contributed by atoms with Gasteiger partial charge in [-0.2, -0.15) is 0 Å². The molecule has 11 atom stereocenters. The van der Waals surface area contributed by atoms with Gasteiger partial charge in [0.1, 0.15) is 47.9 Å². The first-order chi connectivity index (χ1) is 67.2. The van der Waals surface area contributed by atoms with Crippen molar-refractivity contribution in [3.8, 4) is 11.1 Å². The maximum atomic E-state index is 14.9. The molecule has 11 aliphatic rings. The molecule has 0 aromatic heterocycles. The van der Waals surface area contributed by atoms with Crippen molar-refractivity contribution >= 4 is 80.4 Å². The number of nitrogens with zero attached hydrogens (tertiary/aromatic N) is 4. The van der Waals surface area contributed by atoms with Gasteiger partial charge >= 0.3 is 11.9 Å². The van der Waals surface area contributed by atoms with Gasteiger partial charge in [0.15, 0.2) is 5.17 Å². The number of carbonyl (C=O) groups is 2. The van der Waals surface area contributed by atoms with Crippen molar-refractivity contribution in [1.82, 2.24) is 0 Å². The molecule has 0 spiro atoms. The fourth-order valence-electron chi connectivity index (χ4n) is 19.1. The zero-order chi connectivity index (χ0) is 99.4. The lowest BCUT2D eigenvalue weighted by molar-refractivity contribution is -0.385. The largest absolute Gasteiger partial charge is 0.464 e. The van der Waals surface area contributed by atoms with Crippen LogP contribution in [0.2, 0.25) is 0 Å². The zero-order valence-corrected chi connectivity index (χ0v) is 81.6. The van der Waals surface area contributed by atoms with E-state index in [1.807, 2.05) is 48.5 Å². The van der Waals surface area contributed by atoms with Crippen LogP contribution in [0.3, 0.4) is 0 Å². The van der Waals surface area contributed by atoms with E-state index in [0.29, 0.717) is 200 Å². The van der Waals surface area contributed by atoms with Crippen molar-refractivity contribution in [3.05, 3.63) is 267 Å². The Hall–Kier alpha value is -9.44. The number of carbonyl (C=O) groups excluding carboxylic acids is 2. The molecule has 0 radical (unpaired) electrons. The molecule has 7 aromatic carbocycles. The van der Waals surface area contributed by atoms with Gasteiger partial charge in [-0.25, -0.2) is 22.0 Å². The van der Waals surface area contributed by atoms with Crippen LogP contribution in [-0.2, 0) is 94.0 Å². The highest BCUT2D eigenvalue weighted by molar-refractivity contribution is 8.14. The van der Waals surface area contributed by atoms with E-state index in [9.17, 15) is 51.9 Å². The molecule has 34 heteroatoms. The highest BCUT2D eigenvalue weighted by Gasteiger charge is 2.52. The van der Waals surface area contributed by atoms with Crippen molar-refractivity contribution in [1.29, 1.82) is 5.41 Å². The Kier molecular flexibility index (Phi) is 42.8. The van der Waals surface area contributed by atoms with E-state index in [1.165, 1.54) is 76.9 Å². The number of nitro benzene ring substituents is 1. The van der Waals surface area contributed by atoms with Crippen LogP contribution >= 0.6 is 35.7 Å². The number of hydrogen-bond donors (Lipinski definition) is 6. The van der Waals surface area contributed by atoms with E-state index >= 15 is 0 Å². The minimum atomic E-state index is -0.975. The van der Waals surface area contributed by atoms with Gasteiger partial charge in [0.05, 0.1) is 137 Å². The maximum Gasteiger partial charge on any atom is 0.312 e. The van der Waals surface area contributed by atoms with Crippen molar-refractivity contribution in [2.75, 3.05) is 163 Å². The number of fused-ring (bicyclic) bond motifs is 7. The Morgan fingerprint density at radius 3 is 1.71 bits per heavy atom. The number of esters is 2. The molecule has 752 valence electrons. The summed E-state index contributed by atoms with van der Waals surface area (Å²) in [5.74, 6) is -0.618. The Morgan fingerprint density at radius 1 is 0.597 bits per heavy atom. The number of ether oxygens (including phenoxy) is 11. The molecule has 7 saturated heterocycles. The second-order valence-electron chi connectivity index (χ2n) is 36.4. The molecule has 18 rings (SSSR count). The monoisotopic (exact) mass is 1980 g/mol. The predicted molar refractivity (Wildman–Crippen MR) is 531 cm³/mol. The summed E-state index contributed by atoms with van der Waals surface area (Å²) in [5, 5.41) is 50.5. The number of thiocarbonyl (C=S) groups is 1. The first-order valence-electron chi connectivity index (χ1n) is 47.1. The Bertz CT molecular complexity index is 5260. The van der Waals surface area contributed by atoms with Gasteiger partial charge in [0, 0.05) is 170 Å². The van der Waals surface area contributed by atoms with E-state index in [0.717, 1.165) is 67.2 Å². The quantitative estimate of drug-likeness (QED) is 0.00429. The number of benzene rings is 7. The third-order valence-corrected chi connectivity index (χ3v) is 28.7. The van der Waals surface area contributed by atoms with Crippen LogP contribution in [0, 0.1) is 80.1 Å². The van der Waals surface area contributed by atoms with Crippen molar-refractivity contribution < 1.29 is 109 Å². The molecule has 7 fully saturated rings. The van der Waals surface area contributed by atoms with Crippen LogP contribution in [0.25, 0.3) is 11.1 Å². The van der Waals surface area contributed by atoms with Gasteiger partial charge in [0.2, 0.25) is 0 Å². The molecule has 10 aliphatic heterocycles. The highest BCUT2D eigenvalue weighted by atomic mass is 32.2. The number of aliphatic hydroxyl groups excluding tert-OH is 3. The fourth-order valence-corrected chi connectivity index (χ4v) is 21.7. The standard InChI is InChI=1S/C30H29FO4S.C19H23FN2O5S.C13H15FN2OS.C13H15FO2.C12H16FNO2.C6H9NO2.C6H11NO.C6H12O2/c31-28-12-6-5-11-27(28)30(13-14-34-18-20(30)17-32)16-21(36)15-29(33)35-19-26-24-9-3-1-7-22(24)23-8-2-4-10-25(23)26;1-18(2,3)27-17(23)9-16-21-19(6-7-26-10-12(19)11-28-16)14-8-13(22(24)25)4-5-15(14)20;14-11-4-2-1-3-10(11)13-5-6-17-7-9(13)8-18-12(15)16-13;14-12-4-2-1-3-11(12)13-5-6-15-7-10(13)8-16-9-13;13-11-4-2-1-3-10(11)12(14)5-6-16-8-9(12)7-15;1-2-8-3-5-4-9-7-6(1)5;2*1-2-5-8-6-3-4-7/h1-12,20,26,32H,13-19H2;4-5,8,12H,6-7,9-11H2,1-3H3;1-4,9H,5-8H2,(H2,15,16);1-4,10H,5-9H2;1-4,9,15H,5-8,14H2;5H,1-4H2;2,4,7H,1,3,5-6H2;2,7H,1,3-6H2/t20-,30+;12-,19-;9-,13-;10-,13-;9-,12+;;;/m10001.../s1. The number of nitro groups is 1. The summed E-state index contributed by atoms with van der Waals surface area (Å²) in [6.07, 6.45) is 10.4. The lowest BCUT2D eigenvalue weighted by Crippen LogP contribution is -2.52. The van der Waals surface area contributed by atoms with Gasteiger partial charge in [-0.1, -0.05) is 163 Å². The summed E-state index contributed by atoms with van der Waals surface area (Å²) in [4.78, 5) is 50.5. The van der Waals surface area contributed by atoms with E-state index in [-0.39, 0.29) is 109 Å². The summed E-state index contributed by atoms with van der Waals surface area (Å²) in [6, 6.07) is 46.9. The first-order valence-corrected chi connectivity index (χ1v) is 49.5. The normalized spacial score (nSPS) is 25.1. The smallest absolute Gasteiger partial charge is 0.312 e. The van der Waals surface area contributed by atoms with Gasteiger partial charge < -0.3 is 89.1 Å². The molecule has 26 nitrogen and oxygen atoms in total. The minimum Gasteiger partial charge on any atom is -0.464 e. The van der Waals surface area contributed by atoms with Gasteiger partial charge in [-0.3, -0.25) is 29.7 Å². The number of non-ortho nitro benzene ring substituents is 1. The maximum absolute atomic E-state index is 14.9. The summed E-state index contributed by atoms with van der Waals surface area (Å²) in [5.41, 5.74) is 16.6. The number of oxime groups is 1. The van der Waals surface area contributed by atoms with Crippen LogP contribution in [0.1, 0.15) is 136 Å². The average Bonchev–Trinajstić information content (AvgIpc) is 1.71. The molecule has 10 heterocycles. The van der Waals surface area contributed by atoms with Crippen LogP contribution in [0.5, 0.6) is 0 Å². The number of halogens is 5. The van der Waals surface area contributed by atoms with E-state index in [2.05, 4.69) is 47.6 Å². The molecule has 0 saturated carbocycles. The molecule has 1 unspecified atom stereocenters. The molecular formula is C105H130F5N7O19S3. The van der Waals surface area contributed by atoms with Crippen LogP contribution in [0.15, 0.2) is 204 Å². The number of aliphatic imine (C=N–C) groups is 2. The number of nitrogens with one attached hydrogen (secondary N) is 1. The second kappa shape index (κ2) is 54.1. The number of hydrogen-bond acceptors (Lipinski definition) is 28. The van der Waals surface area contributed by atoms with E-state index in [1.54, 1.807) is 81.5 Å². The topological polar surface area (TPSA) is 362 Å². The summed E-state index contributed by atoms with van der Waals surface area (Å²) >= 11 is 8.61. The molecular weight excluding hydrogens is 1850 g/mol. The molecule has 7 aromatic rings. The third kappa shape index (κ3) is 29.0. The summed E-state index contributed by atoms with van der Waals surface area (Å²) in [7, 11) is 0. The van der Waals surface area contributed by atoms with Crippen LogP contribution in [0.4, 0.5) is 27.6 Å². The first kappa shape index (κ1) is 110. The number of nitrogens with two attached hydrogens (primary N) is 2. The Morgan fingerprint density at radius 2 is 1.12 bits per heavy atom. The van der Waals surface area contributed by atoms with Gasteiger partial charge in [-0.15, -0.1) is 24.9 Å². The molecule has 0 bridgehead atoms. The van der Waals surface area contributed by atoms with Crippen LogP contribution in [-0.4, -0.2) is 228 Å². The fraction of sp³-hybridized carbons (Fsp3) is 0.495. The number of aliphatic hydroxyl groups is 3. The highest BCUT2D eigenvalue weighted by Crippen LogP contribution is 2.52. The van der Waals surface area contributed by atoms with E-state index < -0.39 is 50.3 Å². The number of thioether (sulfide) groups is 2. The van der Waals surface area contributed by atoms with Gasteiger partial charge in [0.25, 0.3) is 5.69 Å². The van der Waals surface area contributed by atoms with Crippen molar-refractivity contribution in [2.45, 2.75) is 130 Å². The number of rotatable bonds is 26. The predicted octanol–water partition coefficient (Wildman–Crippen LogP) is 16.9. The number of amidine groups is 1. The SMILES string of the molecule is C1CC2=NOCC2CO1.C=CCOCCC=N.C=CCOCCCO.CC(C)(C)OC(=O)CC1=N[C@@]2(c3cc([N+](=O)[O-])ccc3F)CCOC[C@H]2CS1.Fc1ccccc1[C@]12CCOC[C@H]1COC2.NC1=N[C@@]2(c3ccccc3F)CCOC[C@H]2CS1.N[C@@]1(c2ccccc2F)CCOC[C@H]1CO.O=C(CC(=S)C[C@@]1(c2ccccc2F)CCOC[C@H]1CO)OCC1c2ccccc2-c2ccccc21.